The molecule has 1 aliphatic heterocycles. The van der Waals surface area contributed by atoms with Crippen LogP contribution in [0.1, 0.15) is 23.3 Å². The third-order valence-corrected chi connectivity index (χ3v) is 4.15. The Hall–Kier alpha value is -3.00. The van der Waals surface area contributed by atoms with E-state index in [-0.39, 0.29) is 5.91 Å². The molecular formula is C17H18N6O2. The Morgan fingerprint density at radius 3 is 3.08 bits per heavy atom. The van der Waals surface area contributed by atoms with Gasteiger partial charge in [-0.1, -0.05) is 23.4 Å². The molecule has 0 spiro atoms. The molecule has 3 heterocycles. The number of aromatic nitrogens is 4. The molecule has 0 fully saturated rings. The summed E-state index contributed by atoms with van der Waals surface area (Å²) >= 11 is 0. The standard InChI is InChI=1S/C17H18N6O2/c24-16(15-14-12(6-8-18-15)20-10-21-14)19-9-7-13-22-17(25-23-13)11-4-2-1-3-5-11/h1-5,10,15,18H,6-9H2,(H,19,24)(H,20,21)/t15-/m0/s1. The number of nitrogens with zero attached hydrogens (tertiary/aromatic N) is 3. The SMILES string of the molecule is O=C(NCCc1noc(-c2ccccc2)n1)[C@H]1NCCc2[nH]cnc21. The maximum Gasteiger partial charge on any atom is 0.257 e. The predicted octanol–water partition coefficient (Wildman–Crippen LogP) is 1.01. The minimum Gasteiger partial charge on any atom is -0.354 e. The van der Waals surface area contributed by atoms with Gasteiger partial charge in [-0.3, -0.25) is 4.79 Å². The number of H-pyrrole nitrogens is 1. The van der Waals surface area contributed by atoms with Crippen molar-refractivity contribution >= 4 is 5.91 Å². The number of imidazole rings is 1. The van der Waals surface area contributed by atoms with Gasteiger partial charge in [0, 0.05) is 37.2 Å². The van der Waals surface area contributed by atoms with Gasteiger partial charge in [0.2, 0.25) is 5.91 Å². The van der Waals surface area contributed by atoms with E-state index >= 15 is 0 Å². The summed E-state index contributed by atoms with van der Waals surface area (Å²) in [5.41, 5.74) is 2.67. The smallest absolute Gasteiger partial charge is 0.257 e. The van der Waals surface area contributed by atoms with Crippen LogP contribution < -0.4 is 10.6 Å². The van der Waals surface area contributed by atoms with Gasteiger partial charge in [-0.25, -0.2) is 4.98 Å². The van der Waals surface area contributed by atoms with Crippen LogP contribution in [0.4, 0.5) is 0 Å². The number of aromatic amines is 1. The van der Waals surface area contributed by atoms with Crippen molar-refractivity contribution in [3.05, 3.63) is 53.9 Å². The van der Waals surface area contributed by atoms with E-state index in [0.717, 1.165) is 29.9 Å². The normalized spacial score (nSPS) is 16.4. The quantitative estimate of drug-likeness (QED) is 0.640. The lowest BCUT2D eigenvalue weighted by Gasteiger charge is -2.22. The summed E-state index contributed by atoms with van der Waals surface area (Å²) in [7, 11) is 0. The van der Waals surface area contributed by atoms with Crippen molar-refractivity contribution in [3.63, 3.8) is 0 Å². The van der Waals surface area contributed by atoms with Crippen LogP contribution in [0, 0.1) is 0 Å². The number of nitrogens with one attached hydrogen (secondary N) is 3. The highest BCUT2D eigenvalue weighted by Gasteiger charge is 2.28. The Kier molecular flexibility index (Phi) is 4.26. The first kappa shape index (κ1) is 15.5. The van der Waals surface area contributed by atoms with Gasteiger partial charge >= 0.3 is 0 Å². The summed E-state index contributed by atoms with van der Waals surface area (Å²) in [6.45, 7) is 1.18. The van der Waals surface area contributed by atoms with E-state index < -0.39 is 6.04 Å². The minimum absolute atomic E-state index is 0.0974. The zero-order chi connectivity index (χ0) is 17.1. The molecule has 2 aromatic heterocycles. The average Bonchev–Trinajstić information content (AvgIpc) is 3.31. The number of hydrogen-bond donors (Lipinski definition) is 3. The molecule has 0 saturated heterocycles. The summed E-state index contributed by atoms with van der Waals surface area (Å²) in [6.07, 6.45) is 2.98. The van der Waals surface area contributed by atoms with Gasteiger partial charge in [0.15, 0.2) is 5.82 Å². The van der Waals surface area contributed by atoms with Crippen LogP contribution in [-0.4, -0.2) is 39.1 Å². The van der Waals surface area contributed by atoms with E-state index in [1.165, 1.54) is 0 Å². The van der Waals surface area contributed by atoms with Crippen LogP contribution >= 0.6 is 0 Å². The van der Waals surface area contributed by atoms with Crippen molar-refractivity contribution in [3.8, 4) is 11.5 Å². The van der Waals surface area contributed by atoms with E-state index in [1.54, 1.807) is 6.33 Å². The molecule has 1 aliphatic rings. The van der Waals surface area contributed by atoms with Crippen LogP contribution in [0.15, 0.2) is 41.2 Å². The summed E-state index contributed by atoms with van der Waals surface area (Å²) in [6, 6.07) is 9.17. The van der Waals surface area contributed by atoms with Gasteiger partial charge < -0.3 is 20.1 Å². The van der Waals surface area contributed by atoms with Gasteiger partial charge in [-0.15, -0.1) is 0 Å². The summed E-state index contributed by atoms with van der Waals surface area (Å²) in [5.74, 6) is 0.952. The van der Waals surface area contributed by atoms with Gasteiger partial charge in [0.05, 0.1) is 12.0 Å². The fourth-order valence-corrected chi connectivity index (χ4v) is 2.89. The molecule has 0 saturated carbocycles. The van der Waals surface area contributed by atoms with Crippen LogP contribution in [0.5, 0.6) is 0 Å². The number of rotatable bonds is 5. The predicted molar refractivity (Wildman–Crippen MR) is 89.5 cm³/mol. The monoisotopic (exact) mass is 338 g/mol. The second-order valence-corrected chi connectivity index (χ2v) is 5.83. The van der Waals surface area contributed by atoms with Crippen LogP contribution in [0.25, 0.3) is 11.5 Å². The zero-order valence-corrected chi connectivity index (χ0v) is 13.5. The van der Waals surface area contributed by atoms with E-state index in [2.05, 4.69) is 30.7 Å². The second-order valence-electron chi connectivity index (χ2n) is 5.83. The largest absolute Gasteiger partial charge is 0.354 e. The molecular weight excluding hydrogens is 320 g/mol. The van der Waals surface area contributed by atoms with Crippen LogP contribution in [-0.2, 0) is 17.6 Å². The fourth-order valence-electron chi connectivity index (χ4n) is 2.89. The maximum absolute atomic E-state index is 12.4. The number of fused-ring (bicyclic) bond motifs is 1. The van der Waals surface area contributed by atoms with Crippen molar-refractivity contribution in [1.29, 1.82) is 0 Å². The lowest BCUT2D eigenvalue weighted by Crippen LogP contribution is -2.42. The second kappa shape index (κ2) is 6.86. The Bertz CT molecular complexity index is 857. The minimum atomic E-state index is -0.417. The first-order valence-electron chi connectivity index (χ1n) is 8.22. The van der Waals surface area contributed by atoms with E-state index in [1.807, 2.05) is 30.3 Å². The molecule has 1 amide bonds. The number of carbonyl (C=O) groups is 1. The highest BCUT2D eigenvalue weighted by atomic mass is 16.5. The third-order valence-electron chi connectivity index (χ3n) is 4.15. The molecule has 0 aliphatic carbocycles. The Morgan fingerprint density at radius 1 is 1.32 bits per heavy atom. The topological polar surface area (TPSA) is 109 Å². The van der Waals surface area contributed by atoms with Crippen LogP contribution in [0.2, 0.25) is 0 Å². The molecule has 0 bridgehead atoms. The molecule has 128 valence electrons. The molecule has 1 atom stereocenters. The van der Waals surface area contributed by atoms with Crippen molar-refractivity contribution in [2.45, 2.75) is 18.9 Å². The zero-order valence-electron chi connectivity index (χ0n) is 13.5. The highest BCUT2D eigenvalue weighted by molar-refractivity contribution is 5.83. The Morgan fingerprint density at radius 2 is 2.20 bits per heavy atom. The third kappa shape index (κ3) is 3.29. The lowest BCUT2D eigenvalue weighted by atomic mass is 10.1. The fraction of sp³-hybridized carbons (Fsp3) is 0.294. The van der Waals surface area contributed by atoms with E-state index in [0.29, 0.717) is 24.7 Å². The Balaban J connectivity index is 1.33. The summed E-state index contributed by atoms with van der Waals surface area (Å²) < 4.78 is 5.26. The lowest BCUT2D eigenvalue weighted by molar-refractivity contribution is -0.123. The van der Waals surface area contributed by atoms with Gasteiger partial charge in [-0.05, 0) is 12.1 Å². The van der Waals surface area contributed by atoms with E-state index in [9.17, 15) is 4.79 Å². The summed E-state index contributed by atoms with van der Waals surface area (Å²) in [5, 5.41) is 10.1. The first-order chi connectivity index (χ1) is 12.3. The van der Waals surface area contributed by atoms with Crippen molar-refractivity contribution in [2.75, 3.05) is 13.1 Å². The molecule has 0 unspecified atom stereocenters. The maximum atomic E-state index is 12.4. The molecule has 4 rings (SSSR count). The molecule has 8 nitrogen and oxygen atoms in total. The van der Waals surface area contributed by atoms with Crippen molar-refractivity contribution in [1.82, 2.24) is 30.7 Å². The van der Waals surface area contributed by atoms with Crippen molar-refractivity contribution in [2.24, 2.45) is 0 Å². The van der Waals surface area contributed by atoms with Crippen molar-refractivity contribution < 1.29 is 9.32 Å². The number of benzene rings is 1. The van der Waals surface area contributed by atoms with Gasteiger partial charge in [0.25, 0.3) is 5.89 Å². The molecule has 3 aromatic rings. The molecule has 25 heavy (non-hydrogen) atoms. The number of carbonyl (C=O) groups excluding carboxylic acids is 1. The summed E-state index contributed by atoms with van der Waals surface area (Å²) in [4.78, 5) is 24.1. The van der Waals surface area contributed by atoms with E-state index in [4.69, 9.17) is 4.52 Å². The van der Waals surface area contributed by atoms with Gasteiger partial charge in [-0.2, -0.15) is 4.98 Å². The van der Waals surface area contributed by atoms with Crippen LogP contribution in [0.3, 0.4) is 0 Å². The molecule has 0 radical (unpaired) electrons. The molecule has 8 heteroatoms. The van der Waals surface area contributed by atoms with Gasteiger partial charge in [0.1, 0.15) is 6.04 Å². The molecule has 1 aromatic carbocycles. The first-order valence-corrected chi connectivity index (χ1v) is 8.22. The molecule has 3 N–H and O–H groups in total. The number of amides is 1. The average molecular weight is 338 g/mol. The highest BCUT2D eigenvalue weighted by Crippen LogP contribution is 2.19. The number of hydrogen-bond acceptors (Lipinski definition) is 6. The Labute approximate surface area is 144 Å².